The zero-order valence-electron chi connectivity index (χ0n) is 23.0. The van der Waals surface area contributed by atoms with E-state index in [1.807, 2.05) is 6.92 Å². The number of hydrogen-bond donors (Lipinski definition) is 1. The predicted molar refractivity (Wildman–Crippen MR) is 136 cm³/mol. The van der Waals surface area contributed by atoms with Crippen LogP contribution in [0.1, 0.15) is 120 Å². The summed E-state index contributed by atoms with van der Waals surface area (Å²) >= 11 is 0. The number of carbonyl (C=O) groups is 1. The number of aliphatic hydroxyl groups excluding tert-OH is 1. The van der Waals surface area contributed by atoms with Crippen molar-refractivity contribution in [2.75, 3.05) is 0 Å². The van der Waals surface area contributed by atoms with Gasteiger partial charge in [-0.15, -0.1) is 0 Å². The van der Waals surface area contributed by atoms with Crippen molar-refractivity contribution < 1.29 is 9.90 Å². The summed E-state index contributed by atoms with van der Waals surface area (Å²) in [6, 6.07) is 0. The highest BCUT2D eigenvalue weighted by atomic mass is 16.3. The minimum Gasteiger partial charge on any atom is -0.393 e. The molecule has 4 unspecified atom stereocenters. The average molecular weight is 457 g/mol. The van der Waals surface area contributed by atoms with Gasteiger partial charge in [0.05, 0.1) is 6.10 Å². The first-order chi connectivity index (χ1) is 15.3. The van der Waals surface area contributed by atoms with Gasteiger partial charge in [-0.3, -0.25) is 4.79 Å². The van der Waals surface area contributed by atoms with Crippen LogP contribution in [0.4, 0.5) is 0 Å². The Balaban J connectivity index is 1.56. The Hall–Kier alpha value is -0.370. The van der Waals surface area contributed by atoms with Crippen molar-refractivity contribution in [1.29, 1.82) is 0 Å². The van der Waals surface area contributed by atoms with Crippen LogP contribution in [0.5, 0.6) is 0 Å². The summed E-state index contributed by atoms with van der Waals surface area (Å²) < 4.78 is 0. The molecule has 10 atom stereocenters. The molecule has 5 rings (SSSR count). The topological polar surface area (TPSA) is 37.3 Å². The van der Waals surface area contributed by atoms with E-state index in [4.69, 9.17) is 0 Å². The Labute approximate surface area is 204 Å². The molecule has 0 aromatic carbocycles. The van der Waals surface area contributed by atoms with Gasteiger partial charge in [0, 0.05) is 5.41 Å². The highest BCUT2D eigenvalue weighted by Crippen LogP contribution is 2.77. The second kappa shape index (κ2) is 7.33. The molecule has 0 heterocycles. The van der Waals surface area contributed by atoms with Crippen LogP contribution in [0.3, 0.4) is 0 Å². The molecule has 0 aliphatic heterocycles. The van der Waals surface area contributed by atoms with Gasteiger partial charge in [0.25, 0.3) is 0 Å². The molecular formula is C31H52O2. The molecule has 188 valence electrons. The van der Waals surface area contributed by atoms with Gasteiger partial charge in [0.1, 0.15) is 5.78 Å². The summed E-state index contributed by atoms with van der Waals surface area (Å²) in [5.41, 5.74) is 1.03. The zero-order chi connectivity index (χ0) is 24.2. The first-order valence-corrected chi connectivity index (χ1v) is 14.4. The molecular weight excluding hydrogens is 404 g/mol. The lowest BCUT2D eigenvalue weighted by Gasteiger charge is -2.73. The molecule has 0 saturated heterocycles. The summed E-state index contributed by atoms with van der Waals surface area (Å²) in [7, 11) is 0. The summed E-state index contributed by atoms with van der Waals surface area (Å²) in [5.74, 6) is 4.58. The summed E-state index contributed by atoms with van der Waals surface area (Å²) in [5, 5.41) is 10.9. The smallest absolute Gasteiger partial charge is 0.136 e. The molecule has 0 aromatic rings. The van der Waals surface area contributed by atoms with Crippen LogP contribution >= 0.6 is 0 Å². The Morgan fingerprint density at radius 1 is 0.788 bits per heavy atom. The highest BCUT2D eigenvalue weighted by Gasteiger charge is 2.71. The van der Waals surface area contributed by atoms with Crippen LogP contribution in [-0.2, 0) is 4.79 Å². The van der Waals surface area contributed by atoms with Gasteiger partial charge in [-0.2, -0.15) is 0 Å². The standard InChI is InChI=1S/C31H52O2/c1-19(2)21-11-16-31(20(3)32)18-17-29(7)22(26(21)31)9-10-24-28(6)14-13-25(33)27(4,5)23(28)12-15-30(24,29)8/h19,21-26,33H,9-18H2,1-8H3/t21-,22?,23?,24?,25-,26?,28-,29+,30+,31+/m0/s1. The molecule has 5 fully saturated rings. The van der Waals surface area contributed by atoms with Crippen LogP contribution in [0.2, 0.25) is 0 Å². The summed E-state index contributed by atoms with van der Waals surface area (Å²) in [4.78, 5) is 13.2. The quantitative estimate of drug-likeness (QED) is 0.463. The molecule has 5 saturated carbocycles. The Kier molecular flexibility index (Phi) is 5.40. The zero-order valence-corrected chi connectivity index (χ0v) is 23.0. The average Bonchev–Trinajstić information content (AvgIpc) is 3.13. The summed E-state index contributed by atoms with van der Waals surface area (Å²) in [6.45, 7) is 19.4. The Bertz CT molecular complexity index is 814. The van der Waals surface area contributed by atoms with Crippen molar-refractivity contribution in [2.45, 2.75) is 126 Å². The number of rotatable bonds is 2. The van der Waals surface area contributed by atoms with E-state index >= 15 is 0 Å². The van der Waals surface area contributed by atoms with E-state index < -0.39 is 0 Å². The van der Waals surface area contributed by atoms with E-state index in [0.717, 1.165) is 31.1 Å². The fourth-order valence-electron chi connectivity index (χ4n) is 12.0. The SMILES string of the molecule is CC(=O)[C@]12CC[C@@H](C(C)C)C1C1CCC3[C@@]4(C)CC[C@H](O)C(C)(C)C4CC[C@@]3(C)[C@]1(C)CC2. The molecule has 5 aliphatic carbocycles. The van der Waals surface area contributed by atoms with E-state index in [0.29, 0.717) is 45.7 Å². The van der Waals surface area contributed by atoms with Gasteiger partial charge in [-0.25, -0.2) is 0 Å². The fourth-order valence-corrected chi connectivity index (χ4v) is 12.0. The normalized spacial score (nSPS) is 55.3. The van der Waals surface area contributed by atoms with Crippen molar-refractivity contribution >= 4 is 5.78 Å². The molecule has 33 heavy (non-hydrogen) atoms. The maximum Gasteiger partial charge on any atom is 0.136 e. The molecule has 0 radical (unpaired) electrons. The van der Waals surface area contributed by atoms with Crippen LogP contribution in [-0.4, -0.2) is 17.0 Å². The number of aliphatic hydroxyl groups is 1. The third-order valence-electron chi connectivity index (χ3n) is 14.0. The molecule has 0 aromatic heterocycles. The van der Waals surface area contributed by atoms with Gasteiger partial charge < -0.3 is 5.11 Å². The second-order valence-electron chi connectivity index (χ2n) is 15.2. The summed E-state index contributed by atoms with van der Waals surface area (Å²) in [6.07, 6.45) is 12.1. The largest absolute Gasteiger partial charge is 0.393 e. The first kappa shape index (κ1) is 24.3. The first-order valence-electron chi connectivity index (χ1n) is 14.4. The van der Waals surface area contributed by atoms with Crippen molar-refractivity contribution in [3.8, 4) is 0 Å². The molecule has 1 N–H and O–H groups in total. The van der Waals surface area contributed by atoms with Crippen LogP contribution in [0.15, 0.2) is 0 Å². The van der Waals surface area contributed by atoms with Crippen molar-refractivity contribution in [3.05, 3.63) is 0 Å². The lowest BCUT2D eigenvalue weighted by atomic mass is 9.32. The van der Waals surface area contributed by atoms with Crippen LogP contribution < -0.4 is 0 Å². The number of carbonyl (C=O) groups excluding carboxylic acids is 1. The molecule has 5 aliphatic rings. The monoisotopic (exact) mass is 456 g/mol. The van der Waals surface area contributed by atoms with E-state index in [1.165, 1.54) is 44.9 Å². The van der Waals surface area contributed by atoms with Crippen LogP contribution in [0.25, 0.3) is 0 Å². The van der Waals surface area contributed by atoms with Crippen molar-refractivity contribution in [3.63, 3.8) is 0 Å². The molecule has 0 amide bonds. The van der Waals surface area contributed by atoms with E-state index in [1.54, 1.807) is 0 Å². The minimum absolute atomic E-state index is 0.0244. The molecule has 2 heteroatoms. The van der Waals surface area contributed by atoms with E-state index in [-0.39, 0.29) is 16.9 Å². The van der Waals surface area contributed by atoms with Gasteiger partial charge in [-0.05, 0) is 128 Å². The minimum atomic E-state index is -0.150. The number of ketones is 1. The van der Waals surface area contributed by atoms with E-state index in [2.05, 4.69) is 48.5 Å². The maximum absolute atomic E-state index is 13.2. The van der Waals surface area contributed by atoms with Crippen LogP contribution in [0, 0.1) is 62.6 Å². The van der Waals surface area contributed by atoms with Crippen molar-refractivity contribution in [2.24, 2.45) is 62.6 Å². The number of hydrogen-bond acceptors (Lipinski definition) is 2. The number of Topliss-reactive ketones (excluding diaryl/α,β-unsaturated/α-hetero) is 1. The van der Waals surface area contributed by atoms with Gasteiger partial charge >= 0.3 is 0 Å². The van der Waals surface area contributed by atoms with Gasteiger partial charge in [0.15, 0.2) is 0 Å². The fraction of sp³-hybridized carbons (Fsp3) is 0.968. The van der Waals surface area contributed by atoms with E-state index in [9.17, 15) is 9.90 Å². The lowest BCUT2D eigenvalue weighted by molar-refractivity contribution is -0.247. The predicted octanol–water partition coefficient (Wildman–Crippen LogP) is 7.67. The van der Waals surface area contributed by atoms with Gasteiger partial charge in [-0.1, -0.05) is 48.5 Å². The third kappa shape index (κ3) is 2.85. The third-order valence-corrected chi connectivity index (χ3v) is 14.0. The Morgan fingerprint density at radius 2 is 1.48 bits per heavy atom. The van der Waals surface area contributed by atoms with Gasteiger partial charge in [0.2, 0.25) is 0 Å². The molecule has 2 nitrogen and oxygen atoms in total. The van der Waals surface area contributed by atoms with Crippen molar-refractivity contribution in [1.82, 2.24) is 0 Å². The highest BCUT2D eigenvalue weighted by molar-refractivity contribution is 5.83. The number of fused-ring (bicyclic) bond motifs is 7. The maximum atomic E-state index is 13.2. The lowest BCUT2D eigenvalue weighted by Crippen LogP contribution is -2.67. The molecule has 0 spiro atoms. The second-order valence-corrected chi connectivity index (χ2v) is 15.2. The molecule has 0 bridgehead atoms. The Morgan fingerprint density at radius 3 is 2.12 bits per heavy atom.